The fourth-order valence-corrected chi connectivity index (χ4v) is 3.13. The molecule has 0 aromatic carbocycles. The van der Waals surface area contributed by atoms with Gasteiger partial charge >= 0.3 is 0 Å². The fraction of sp³-hybridized carbons (Fsp3) is 0.500. The van der Waals surface area contributed by atoms with E-state index >= 15 is 0 Å². The van der Waals surface area contributed by atoms with E-state index in [4.69, 9.17) is 0 Å². The Balaban J connectivity index is 2.06. The SMILES string of the molecule is CNC1CCCCc2c1cnn2-c1nccs1. The molecular formula is C12H16N4S. The smallest absolute Gasteiger partial charge is 0.210 e. The first-order valence-corrected chi connectivity index (χ1v) is 6.92. The van der Waals surface area contributed by atoms with Crippen LogP contribution < -0.4 is 5.32 Å². The number of thiazole rings is 1. The number of aromatic nitrogens is 3. The van der Waals surface area contributed by atoms with Gasteiger partial charge in [0.25, 0.3) is 0 Å². The minimum Gasteiger partial charge on any atom is -0.313 e. The first-order valence-electron chi connectivity index (χ1n) is 6.04. The average Bonchev–Trinajstić information content (AvgIpc) is 2.95. The van der Waals surface area contributed by atoms with Crippen LogP contribution in [0, 0.1) is 0 Å². The molecule has 0 radical (unpaired) electrons. The van der Waals surface area contributed by atoms with Crippen molar-refractivity contribution in [3.63, 3.8) is 0 Å². The minimum atomic E-state index is 0.446. The van der Waals surface area contributed by atoms with Gasteiger partial charge in [0.05, 0.1) is 11.9 Å². The summed E-state index contributed by atoms with van der Waals surface area (Å²) in [6.45, 7) is 0. The Hall–Kier alpha value is -1.20. The zero-order valence-corrected chi connectivity index (χ0v) is 10.7. The van der Waals surface area contributed by atoms with Crippen LogP contribution in [0.15, 0.2) is 17.8 Å². The van der Waals surface area contributed by atoms with Gasteiger partial charge in [0.15, 0.2) is 0 Å². The number of fused-ring (bicyclic) bond motifs is 1. The van der Waals surface area contributed by atoms with E-state index in [1.54, 1.807) is 11.3 Å². The van der Waals surface area contributed by atoms with Crippen molar-refractivity contribution in [1.82, 2.24) is 20.1 Å². The lowest BCUT2D eigenvalue weighted by molar-refractivity contribution is 0.533. The highest BCUT2D eigenvalue weighted by Gasteiger charge is 2.22. The number of nitrogens with one attached hydrogen (secondary N) is 1. The summed E-state index contributed by atoms with van der Waals surface area (Å²) in [5.41, 5.74) is 2.68. The summed E-state index contributed by atoms with van der Waals surface area (Å²) in [4.78, 5) is 4.35. The van der Waals surface area contributed by atoms with Crippen LogP contribution in [0.2, 0.25) is 0 Å². The standard InChI is InChI=1S/C12H16N4S/c1-13-10-4-2-3-5-11-9(10)8-15-16(11)12-14-6-7-17-12/h6-8,10,13H,2-5H2,1H3. The van der Waals surface area contributed by atoms with Crippen LogP contribution in [0.1, 0.15) is 36.6 Å². The third-order valence-corrected chi connectivity index (χ3v) is 4.13. The number of hydrogen-bond donors (Lipinski definition) is 1. The molecule has 1 atom stereocenters. The predicted octanol–water partition coefficient (Wildman–Crippen LogP) is 2.32. The Bertz CT molecular complexity index is 489. The second-order valence-corrected chi connectivity index (χ2v) is 5.23. The Morgan fingerprint density at radius 3 is 3.18 bits per heavy atom. The summed E-state index contributed by atoms with van der Waals surface area (Å²) in [5, 5.41) is 10.9. The first kappa shape index (κ1) is 10.9. The molecular weight excluding hydrogens is 232 g/mol. The lowest BCUT2D eigenvalue weighted by Gasteiger charge is -2.12. The van der Waals surface area contributed by atoms with Crippen molar-refractivity contribution in [2.24, 2.45) is 0 Å². The van der Waals surface area contributed by atoms with E-state index in [9.17, 15) is 0 Å². The summed E-state index contributed by atoms with van der Waals surface area (Å²) in [7, 11) is 2.03. The molecule has 0 saturated heterocycles. The fourth-order valence-electron chi connectivity index (χ4n) is 2.51. The van der Waals surface area contributed by atoms with Crippen LogP contribution in [-0.4, -0.2) is 21.8 Å². The maximum Gasteiger partial charge on any atom is 0.210 e. The second-order valence-electron chi connectivity index (χ2n) is 4.36. The molecule has 2 heterocycles. The van der Waals surface area contributed by atoms with Gasteiger partial charge < -0.3 is 5.32 Å². The molecule has 0 saturated carbocycles. The quantitative estimate of drug-likeness (QED) is 0.829. The van der Waals surface area contributed by atoms with Crippen LogP contribution in [0.3, 0.4) is 0 Å². The second kappa shape index (κ2) is 4.58. The average molecular weight is 248 g/mol. The molecule has 90 valence electrons. The molecule has 17 heavy (non-hydrogen) atoms. The van der Waals surface area contributed by atoms with Crippen LogP contribution in [0.5, 0.6) is 0 Å². The van der Waals surface area contributed by atoms with Gasteiger partial charge in [-0.3, -0.25) is 0 Å². The zero-order valence-electron chi connectivity index (χ0n) is 9.89. The summed E-state index contributed by atoms with van der Waals surface area (Å²) in [5.74, 6) is 0. The lowest BCUT2D eigenvalue weighted by Crippen LogP contribution is -2.16. The van der Waals surface area contributed by atoms with E-state index in [2.05, 4.69) is 15.4 Å². The summed E-state index contributed by atoms with van der Waals surface area (Å²) in [6, 6.07) is 0.446. The van der Waals surface area contributed by atoms with E-state index in [1.165, 1.54) is 30.5 Å². The van der Waals surface area contributed by atoms with Crippen molar-refractivity contribution in [1.29, 1.82) is 0 Å². The van der Waals surface area contributed by atoms with Crippen molar-refractivity contribution >= 4 is 11.3 Å². The lowest BCUT2D eigenvalue weighted by atomic mass is 10.1. The third kappa shape index (κ3) is 1.89. The van der Waals surface area contributed by atoms with E-state index in [0.29, 0.717) is 6.04 Å². The maximum absolute atomic E-state index is 4.50. The van der Waals surface area contributed by atoms with E-state index < -0.39 is 0 Å². The highest BCUT2D eigenvalue weighted by Crippen LogP contribution is 2.29. The normalized spacial score (nSPS) is 19.9. The monoisotopic (exact) mass is 248 g/mol. The Kier molecular flexibility index (Phi) is 2.94. The molecule has 0 fully saturated rings. The zero-order chi connectivity index (χ0) is 11.7. The summed E-state index contributed by atoms with van der Waals surface area (Å²) >= 11 is 1.64. The number of rotatable bonds is 2. The van der Waals surface area contributed by atoms with Gasteiger partial charge in [-0.05, 0) is 26.3 Å². The molecule has 2 aromatic rings. The molecule has 1 aliphatic rings. The van der Waals surface area contributed by atoms with Crippen LogP contribution >= 0.6 is 11.3 Å². The van der Waals surface area contributed by atoms with Gasteiger partial charge in [-0.15, -0.1) is 11.3 Å². The van der Waals surface area contributed by atoms with Gasteiger partial charge in [-0.25, -0.2) is 9.67 Å². The Morgan fingerprint density at radius 2 is 2.41 bits per heavy atom. The van der Waals surface area contributed by atoms with Crippen molar-refractivity contribution in [2.75, 3.05) is 7.05 Å². The van der Waals surface area contributed by atoms with Crippen LogP contribution in [0.4, 0.5) is 0 Å². The van der Waals surface area contributed by atoms with Crippen molar-refractivity contribution in [3.05, 3.63) is 29.0 Å². The van der Waals surface area contributed by atoms with Crippen molar-refractivity contribution in [2.45, 2.75) is 31.7 Å². The van der Waals surface area contributed by atoms with Gasteiger partial charge in [0.2, 0.25) is 5.13 Å². The van der Waals surface area contributed by atoms with Gasteiger partial charge in [-0.2, -0.15) is 5.10 Å². The third-order valence-electron chi connectivity index (χ3n) is 3.38. The Labute approximate surface area is 105 Å². The first-order chi connectivity index (χ1) is 8.40. The molecule has 0 spiro atoms. The molecule has 1 N–H and O–H groups in total. The molecule has 5 heteroatoms. The van der Waals surface area contributed by atoms with Crippen molar-refractivity contribution in [3.8, 4) is 5.13 Å². The molecule has 0 aliphatic heterocycles. The highest BCUT2D eigenvalue weighted by atomic mass is 32.1. The number of hydrogen-bond acceptors (Lipinski definition) is 4. The van der Waals surface area contributed by atoms with Gasteiger partial charge in [-0.1, -0.05) is 6.42 Å². The minimum absolute atomic E-state index is 0.446. The van der Waals surface area contributed by atoms with Gasteiger partial charge in [0.1, 0.15) is 0 Å². The maximum atomic E-state index is 4.50. The predicted molar refractivity (Wildman–Crippen MR) is 68.6 cm³/mol. The molecule has 2 aromatic heterocycles. The largest absolute Gasteiger partial charge is 0.313 e. The van der Waals surface area contributed by atoms with E-state index in [1.807, 2.05) is 29.5 Å². The molecule has 1 aliphatic carbocycles. The molecule has 4 nitrogen and oxygen atoms in total. The molecule has 1 unspecified atom stereocenters. The summed E-state index contributed by atoms with van der Waals surface area (Å²) < 4.78 is 2.01. The van der Waals surface area contributed by atoms with Crippen LogP contribution in [0.25, 0.3) is 5.13 Å². The van der Waals surface area contributed by atoms with Crippen LogP contribution in [-0.2, 0) is 6.42 Å². The number of nitrogens with zero attached hydrogens (tertiary/aromatic N) is 3. The van der Waals surface area contributed by atoms with Crippen molar-refractivity contribution < 1.29 is 0 Å². The van der Waals surface area contributed by atoms with E-state index in [0.717, 1.165) is 11.6 Å². The topological polar surface area (TPSA) is 42.7 Å². The van der Waals surface area contributed by atoms with E-state index in [-0.39, 0.29) is 0 Å². The van der Waals surface area contributed by atoms with Gasteiger partial charge in [0, 0.05) is 23.2 Å². The Morgan fingerprint density at radius 1 is 1.47 bits per heavy atom. The summed E-state index contributed by atoms with van der Waals surface area (Å²) in [6.07, 6.45) is 8.66. The molecule has 3 rings (SSSR count). The molecule has 0 bridgehead atoms. The molecule has 0 amide bonds. The highest BCUT2D eigenvalue weighted by molar-refractivity contribution is 7.12.